The van der Waals surface area contributed by atoms with Crippen molar-refractivity contribution in [3.05, 3.63) is 88.7 Å². The molecular formula is C24H17F3N2O4. The number of imide groups is 1. The van der Waals surface area contributed by atoms with Crippen LogP contribution in [0.2, 0.25) is 0 Å². The van der Waals surface area contributed by atoms with Crippen molar-refractivity contribution in [2.75, 3.05) is 6.61 Å². The summed E-state index contributed by atoms with van der Waals surface area (Å²) in [7, 11) is 0. The van der Waals surface area contributed by atoms with E-state index in [-0.39, 0.29) is 35.7 Å². The Labute approximate surface area is 186 Å². The minimum atomic E-state index is -4.48. The monoisotopic (exact) mass is 454 g/mol. The first kappa shape index (κ1) is 22.2. The number of halogens is 3. The standard InChI is InChI=1S/C24H17F3N2O4/c1-2-33-23(32)20-12-15(14-7-9-16(10-8-14)24(25,26)27)11-17(28-20)13-29-21(30)18-5-3-4-6-19(18)22(29)31/h3-12H,2,13H2,1H3. The average Bonchev–Trinajstić information content (AvgIpc) is 3.03. The number of rotatable bonds is 5. The highest BCUT2D eigenvalue weighted by atomic mass is 19.4. The Bertz CT molecular complexity index is 1220. The molecule has 0 N–H and O–H groups in total. The van der Waals surface area contributed by atoms with Gasteiger partial charge in [-0.05, 0) is 54.4 Å². The molecule has 0 atom stereocenters. The van der Waals surface area contributed by atoms with E-state index in [9.17, 15) is 27.6 Å². The highest BCUT2D eigenvalue weighted by Gasteiger charge is 2.35. The summed E-state index contributed by atoms with van der Waals surface area (Å²) in [6.07, 6.45) is -4.48. The maximum atomic E-state index is 12.9. The number of esters is 1. The first-order chi connectivity index (χ1) is 15.7. The molecule has 0 spiro atoms. The SMILES string of the molecule is CCOC(=O)c1cc(-c2ccc(C(F)(F)F)cc2)cc(CN2C(=O)c3ccccc3C2=O)n1. The molecule has 0 saturated heterocycles. The van der Waals surface area contributed by atoms with Crippen LogP contribution in [0.25, 0.3) is 11.1 Å². The van der Waals surface area contributed by atoms with E-state index >= 15 is 0 Å². The number of ether oxygens (including phenoxy) is 1. The lowest BCUT2D eigenvalue weighted by Crippen LogP contribution is -2.29. The summed E-state index contributed by atoms with van der Waals surface area (Å²) in [6, 6.07) is 13.7. The zero-order valence-electron chi connectivity index (χ0n) is 17.3. The largest absolute Gasteiger partial charge is 0.461 e. The lowest BCUT2D eigenvalue weighted by molar-refractivity contribution is -0.137. The predicted molar refractivity (Wildman–Crippen MR) is 111 cm³/mol. The minimum absolute atomic E-state index is 0.0825. The van der Waals surface area contributed by atoms with Gasteiger partial charge in [-0.1, -0.05) is 24.3 Å². The molecule has 6 nitrogen and oxygen atoms in total. The molecule has 2 aromatic carbocycles. The molecule has 0 unspecified atom stereocenters. The van der Waals surface area contributed by atoms with Crippen molar-refractivity contribution >= 4 is 17.8 Å². The first-order valence-electron chi connectivity index (χ1n) is 10.00. The van der Waals surface area contributed by atoms with Crippen LogP contribution in [-0.4, -0.2) is 34.3 Å². The Hall–Kier alpha value is -4.01. The van der Waals surface area contributed by atoms with Gasteiger partial charge in [0.25, 0.3) is 11.8 Å². The number of benzene rings is 2. The van der Waals surface area contributed by atoms with Crippen molar-refractivity contribution in [3.8, 4) is 11.1 Å². The average molecular weight is 454 g/mol. The fourth-order valence-corrected chi connectivity index (χ4v) is 3.54. The van der Waals surface area contributed by atoms with E-state index in [1.807, 2.05) is 0 Å². The highest BCUT2D eigenvalue weighted by Crippen LogP contribution is 2.32. The van der Waals surface area contributed by atoms with Gasteiger partial charge in [0.2, 0.25) is 0 Å². The van der Waals surface area contributed by atoms with Crippen LogP contribution in [0.15, 0.2) is 60.7 Å². The Kier molecular flexibility index (Phi) is 5.71. The number of carbonyl (C=O) groups is 3. The van der Waals surface area contributed by atoms with Crippen molar-refractivity contribution in [1.29, 1.82) is 0 Å². The number of fused-ring (bicyclic) bond motifs is 1. The second kappa shape index (κ2) is 8.50. The van der Waals surface area contributed by atoms with Crippen molar-refractivity contribution in [2.24, 2.45) is 0 Å². The summed E-state index contributed by atoms with van der Waals surface area (Å²) in [4.78, 5) is 43.0. The molecule has 1 aromatic heterocycles. The maximum absolute atomic E-state index is 12.9. The van der Waals surface area contributed by atoms with Crippen molar-refractivity contribution in [3.63, 3.8) is 0 Å². The number of aromatic nitrogens is 1. The van der Waals surface area contributed by atoms with Gasteiger partial charge in [0, 0.05) is 0 Å². The van der Waals surface area contributed by atoms with Crippen molar-refractivity contribution in [1.82, 2.24) is 9.88 Å². The minimum Gasteiger partial charge on any atom is -0.461 e. The van der Waals surface area contributed by atoms with Gasteiger partial charge in [0.15, 0.2) is 0 Å². The lowest BCUT2D eigenvalue weighted by Gasteiger charge is -2.15. The Morgan fingerprint density at radius 1 is 0.939 bits per heavy atom. The molecule has 2 amide bonds. The van der Waals surface area contributed by atoms with E-state index in [0.29, 0.717) is 11.1 Å². The number of alkyl halides is 3. The summed E-state index contributed by atoms with van der Waals surface area (Å²) in [5, 5.41) is 0. The van der Waals surface area contributed by atoms with Gasteiger partial charge in [0.1, 0.15) is 5.69 Å². The number of hydrogen-bond acceptors (Lipinski definition) is 5. The molecule has 3 aromatic rings. The number of nitrogens with zero attached hydrogens (tertiary/aromatic N) is 2. The zero-order chi connectivity index (χ0) is 23.8. The summed E-state index contributed by atoms with van der Waals surface area (Å²) >= 11 is 0. The fourth-order valence-electron chi connectivity index (χ4n) is 3.54. The van der Waals surface area contributed by atoms with E-state index in [4.69, 9.17) is 4.74 Å². The third kappa shape index (κ3) is 4.34. The van der Waals surface area contributed by atoms with Crippen LogP contribution in [-0.2, 0) is 17.5 Å². The van der Waals surface area contributed by atoms with Crippen LogP contribution in [0.1, 0.15) is 49.4 Å². The second-order valence-electron chi connectivity index (χ2n) is 7.27. The molecule has 0 aliphatic carbocycles. The predicted octanol–water partition coefficient (Wildman–Crippen LogP) is 4.74. The van der Waals surface area contributed by atoms with E-state index in [1.54, 1.807) is 31.2 Å². The van der Waals surface area contributed by atoms with Crippen LogP contribution >= 0.6 is 0 Å². The molecular weight excluding hydrogens is 437 g/mol. The molecule has 1 aliphatic heterocycles. The fraction of sp³-hybridized carbons (Fsp3) is 0.167. The molecule has 9 heteroatoms. The Balaban J connectivity index is 1.71. The molecule has 168 valence electrons. The third-order valence-corrected chi connectivity index (χ3v) is 5.11. The van der Waals surface area contributed by atoms with Gasteiger partial charge in [0.05, 0.1) is 35.5 Å². The van der Waals surface area contributed by atoms with Gasteiger partial charge >= 0.3 is 12.1 Å². The van der Waals surface area contributed by atoms with Gasteiger partial charge in [-0.3, -0.25) is 14.5 Å². The molecule has 2 heterocycles. The van der Waals surface area contributed by atoms with E-state index in [2.05, 4.69) is 4.98 Å². The van der Waals surface area contributed by atoms with Gasteiger partial charge in [-0.2, -0.15) is 13.2 Å². The third-order valence-electron chi connectivity index (χ3n) is 5.11. The van der Waals surface area contributed by atoms with Crippen LogP contribution < -0.4 is 0 Å². The van der Waals surface area contributed by atoms with E-state index < -0.39 is 29.5 Å². The zero-order valence-corrected chi connectivity index (χ0v) is 17.3. The number of hydrogen-bond donors (Lipinski definition) is 0. The quantitative estimate of drug-likeness (QED) is 0.411. The van der Waals surface area contributed by atoms with Crippen LogP contribution in [0.4, 0.5) is 13.2 Å². The molecule has 0 bridgehead atoms. The maximum Gasteiger partial charge on any atom is 0.416 e. The van der Waals surface area contributed by atoms with Crippen LogP contribution in [0.3, 0.4) is 0 Å². The Morgan fingerprint density at radius 2 is 1.55 bits per heavy atom. The molecule has 1 aliphatic rings. The lowest BCUT2D eigenvalue weighted by atomic mass is 10.0. The normalized spacial score (nSPS) is 13.3. The van der Waals surface area contributed by atoms with Crippen LogP contribution in [0.5, 0.6) is 0 Å². The number of amides is 2. The van der Waals surface area contributed by atoms with Crippen LogP contribution in [0, 0.1) is 0 Å². The summed E-state index contributed by atoms with van der Waals surface area (Å²) in [6.45, 7) is 1.50. The van der Waals surface area contributed by atoms with Gasteiger partial charge in [-0.15, -0.1) is 0 Å². The smallest absolute Gasteiger partial charge is 0.416 e. The molecule has 4 rings (SSSR count). The summed E-state index contributed by atoms with van der Waals surface area (Å²) in [5.41, 5.74) is 0.662. The van der Waals surface area contributed by atoms with E-state index in [1.165, 1.54) is 24.3 Å². The Morgan fingerprint density at radius 3 is 2.09 bits per heavy atom. The summed E-state index contributed by atoms with van der Waals surface area (Å²) < 4.78 is 43.7. The molecule has 0 radical (unpaired) electrons. The summed E-state index contributed by atoms with van der Waals surface area (Å²) in [5.74, 6) is -1.71. The van der Waals surface area contributed by atoms with E-state index in [0.717, 1.165) is 17.0 Å². The topological polar surface area (TPSA) is 76.6 Å². The second-order valence-corrected chi connectivity index (χ2v) is 7.27. The number of carbonyl (C=O) groups excluding carboxylic acids is 3. The highest BCUT2D eigenvalue weighted by molar-refractivity contribution is 6.21. The van der Waals surface area contributed by atoms with Crippen molar-refractivity contribution < 1.29 is 32.3 Å². The van der Waals surface area contributed by atoms with Crippen molar-refractivity contribution in [2.45, 2.75) is 19.6 Å². The number of pyridine rings is 1. The molecule has 0 saturated carbocycles. The first-order valence-corrected chi connectivity index (χ1v) is 10.00. The molecule has 0 fully saturated rings. The molecule has 33 heavy (non-hydrogen) atoms. The van der Waals surface area contributed by atoms with Gasteiger partial charge < -0.3 is 4.74 Å². The van der Waals surface area contributed by atoms with Gasteiger partial charge in [-0.25, -0.2) is 9.78 Å².